The van der Waals surface area contributed by atoms with Crippen molar-refractivity contribution < 1.29 is 9.84 Å². The van der Waals surface area contributed by atoms with E-state index in [4.69, 9.17) is 9.72 Å². The van der Waals surface area contributed by atoms with Gasteiger partial charge in [0.05, 0.1) is 23.8 Å². The molecule has 0 atom stereocenters. The fourth-order valence-corrected chi connectivity index (χ4v) is 3.24. The molecule has 1 N–H and O–H groups in total. The molecule has 0 unspecified atom stereocenters. The van der Waals surface area contributed by atoms with Crippen LogP contribution in [-0.4, -0.2) is 36.9 Å². The van der Waals surface area contributed by atoms with Gasteiger partial charge in [-0.2, -0.15) is 0 Å². The van der Waals surface area contributed by atoms with Gasteiger partial charge < -0.3 is 14.7 Å². The number of aliphatic hydroxyl groups is 1. The van der Waals surface area contributed by atoms with Crippen molar-refractivity contribution in [2.75, 3.05) is 31.7 Å². The van der Waals surface area contributed by atoms with E-state index in [-0.39, 0.29) is 12.0 Å². The summed E-state index contributed by atoms with van der Waals surface area (Å²) in [7, 11) is 1.72. The van der Waals surface area contributed by atoms with Gasteiger partial charge in [-0.15, -0.1) is 0 Å². The fourth-order valence-electron chi connectivity index (χ4n) is 2.08. The molecule has 0 aromatic carbocycles. The average molecular weight is 300 g/mol. The molecule has 0 radical (unpaired) electrons. The molecule has 116 valence electrons. The number of aliphatic hydroxyl groups excluding tert-OH is 1. The third kappa shape index (κ3) is 4.72. The second kappa shape index (κ2) is 7.38. The molecule has 1 heterocycles. The molecule has 0 aliphatic heterocycles. The van der Waals surface area contributed by atoms with Gasteiger partial charge in [0, 0.05) is 25.6 Å². The second-order valence-electron chi connectivity index (χ2n) is 6.51. The first kappa shape index (κ1) is 17.4. The third-order valence-electron chi connectivity index (χ3n) is 2.96. The summed E-state index contributed by atoms with van der Waals surface area (Å²) in [6, 6.07) is 0. The van der Waals surface area contributed by atoms with Crippen LogP contribution in [0.25, 0.3) is 0 Å². The van der Waals surface area contributed by atoms with Crippen LogP contribution in [0.3, 0.4) is 0 Å². The van der Waals surface area contributed by atoms with Crippen molar-refractivity contribution in [2.24, 2.45) is 5.92 Å². The number of thiazole rings is 1. The quantitative estimate of drug-likeness (QED) is 0.840. The van der Waals surface area contributed by atoms with Gasteiger partial charge in [0.2, 0.25) is 0 Å². The van der Waals surface area contributed by atoms with Gasteiger partial charge in [-0.3, -0.25) is 0 Å². The van der Waals surface area contributed by atoms with Crippen molar-refractivity contribution in [1.82, 2.24) is 4.98 Å². The zero-order chi connectivity index (χ0) is 15.3. The van der Waals surface area contributed by atoms with Gasteiger partial charge in [-0.05, 0) is 5.92 Å². The van der Waals surface area contributed by atoms with Gasteiger partial charge in [-0.1, -0.05) is 46.0 Å². The summed E-state index contributed by atoms with van der Waals surface area (Å²) >= 11 is 1.60. The fraction of sp³-hybridized carbons (Fsp3) is 0.800. The lowest BCUT2D eigenvalue weighted by molar-refractivity contribution is 0.204. The Morgan fingerprint density at radius 1 is 1.35 bits per heavy atom. The number of anilines is 1. The normalized spacial score (nSPS) is 12.2. The largest absolute Gasteiger partial charge is 0.391 e. The van der Waals surface area contributed by atoms with Crippen LogP contribution in [0.4, 0.5) is 5.13 Å². The Morgan fingerprint density at radius 3 is 2.40 bits per heavy atom. The Labute approximate surface area is 126 Å². The van der Waals surface area contributed by atoms with Gasteiger partial charge in [0.1, 0.15) is 0 Å². The zero-order valence-corrected chi connectivity index (χ0v) is 14.4. The SMILES string of the molecule is COCCN(CC(C)C)c1nc(C(C)(C)C)c(CO)s1. The van der Waals surface area contributed by atoms with Crippen LogP contribution >= 0.6 is 11.3 Å². The monoisotopic (exact) mass is 300 g/mol. The molecule has 0 aliphatic rings. The van der Waals surface area contributed by atoms with Crippen molar-refractivity contribution in [3.63, 3.8) is 0 Å². The molecule has 20 heavy (non-hydrogen) atoms. The number of methoxy groups -OCH3 is 1. The minimum atomic E-state index is -0.0441. The summed E-state index contributed by atoms with van der Waals surface area (Å²) in [6.45, 7) is 13.3. The van der Waals surface area contributed by atoms with Crippen molar-refractivity contribution in [3.05, 3.63) is 10.6 Å². The van der Waals surface area contributed by atoms with Gasteiger partial charge in [0.15, 0.2) is 5.13 Å². The highest BCUT2D eigenvalue weighted by atomic mass is 32.1. The van der Waals surface area contributed by atoms with Crippen molar-refractivity contribution >= 4 is 16.5 Å². The van der Waals surface area contributed by atoms with E-state index < -0.39 is 0 Å². The maximum Gasteiger partial charge on any atom is 0.185 e. The van der Waals surface area contributed by atoms with E-state index in [1.165, 1.54) is 0 Å². The Hall–Kier alpha value is -0.650. The van der Waals surface area contributed by atoms with E-state index in [0.29, 0.717) is 12.5 Å². The highest BCUT2D eigenvalue weighted by Gasteiger charge is 2.24. The molecule has 0 saturated carbocycles. The maximum atomic E-state index is 9.56. The van der Waals surface area contributed by atoms with Crippen LogP contribution in [0.5, 0.6) is 0 Å². The number of aromatic nitrogens is 1. The summed E-state index contributed by atoms with van der Waals surface area (Å²) in [5.74, 6) is 0.561. The standard InChI is InChI=1S/C15H28N2O2S/c1-11(2)9-17(7-8-19-6)14-16-13(15(3,4)5)12(10-18)20-14/h11,18H,7-10H2,1-6H3. The van der Waals surface area contributed by atoms with Crippen LogP contribution in [-0.2, 0) is 16.8 Å². The lowest BCUT2D eigenvalue weighted by Crippen LogP contribution is -2.31. The molecule has 1 rings (SSSR count). The topological polar surface area (TPSA) is 45.6 Å². The van der Waals surface area contributed by atoms with Gasteiger partial charge >= 0.3 is 0 Å². The van der Waals surface area contributed by atoms with Crippen LogP contribution in [0.15, 0.2) is 0 Å². The predicted octanol–water partition coefficient (Wildman–Crippen LogP) is 3.04. The van der Waals surface area contributed by atoms with Crippen LogP contribution < -0.4 is 4.90 Å². The highest BCUT2D eigenvalue weighted by Crippen LogP contribution is 2.34. The molecule has 1 aromatic rings. The van der Waals surface area contributed by atoms with Crippen LogP contribution in [0.1, 0.15) is 45.2 Å². The minimum Gasteiger partial charge on any atom is -0.391 e. The van der Waals surface area contributed by atoms with E-state index in [9.17, 15) is 5.11 Å². The lowest BCUT2D eigenvalue weighted by Gasteiger charge is -2.23. The molecule has 4 nitrogen and oxygen atoms in total. The second-order valence-corrected chi connectivity index (χ2v) is 7.57. The molecular formula is C15H28N2O2S. The summed E-state index contributed by atoms with van der Waals surface area (Å²) < 4.78 is 5.19. The van der Waals surface area contributed by atoms with Gasteiger partial charge in [-0.25, -0.2) is 4.98 Å². The molecule has 0 fully saturated rings. The molecule has 0 spiro atoms. The predicted molar refractivity (Wildman–Crippen MR) is 85.7 cm³/mol. The molecule has 0 amide bonds. The number of hydrogen-bond acceptors (Lipinski definition) is 5. The molecule has 5 heteroatoms. The Bertz CT molecular complexity index is 410. The third-order valence-corrected chi connectivity index (χ3v) is 4.06. The van der Waals surface area contributed by atoms with E-state index in [2.05, 4.69) is 39.5 Å². The molecule has 0 saturated heterocycles. The minimum absolute atomic E-state index is 0.0441. The molecule has 0 bridgehead atoms. The van der Waals surface area contributed by atoms with Crippen molar-refractivity contribution in [2.45, 2.75) is 46.6 Å². The molecule has 0 aliphatic carbocycles. The number of hydrogen-bond donors (Lipinski definition) is 1. The van der Waals surface area contributed by atoms with E-state index in [1.807, 2.05) is 0 Å². The summed E-state index contributed by atoms with van der Waals surface area (Å²) in [5, 5.41) is 10.6. The number of rotatable bonds is 7. The van der Waals surface area contributed by atoms with Crippen LogP contribution in [0, 0.1) is 5.92 Å². The smallest absolute Gasteiger partial charge is 0.185 e. The summed E-state index contributed by atoms with van der Waals surface area (Å²) in [6.07, 6.45) is 0. The van der Waals surface area contributed by atoms with E-state index in [1.54, 1.807) is 18.4 Å². The summed E-state index contributed by atoms with van der Waals surface area (Å²) in [4.78, 5) is 8.02. The Kier molecular flexibility index (Phi) is 6.43. The number of nitrogens with zero attached hydrogens (tertiary/aromatic N) is 2. The maximum absolute atomic E-state index is 9.56. The van der Waals surface area contributed by atoms with Gasteiger partial charge in [0.25, 0.3) is 0 Å². The first-order chi connectivity index (χ1) is 9.29. The van der Waals surface area contributed by atoms with E-state index in [0.717, 1.165) is 28.8 Å². The van der Waals surface area contributed by atoms with Crippen LogP contribution in [0.2, 0.25) is 0 Å². The molecular weight excluding hydrogens is 272 g/mol. The zero-order valence-electron chi connectivity index (χ0n) is 13.6. The Morgan fingerprint density at radius 2 is 2.00 bits per heavy atom. The van der Waals surface area contributed by atoms with E-state index >= 15 is 0 Å². The number of ether oxygens (including phenoxy) is 1. The Balaban J connectivity index is 3.04. The average Bonchev–Trinajstić information content (AvgIpc) is 2.77. The highest BCUT2D eigenvalue weighted by molar-refractivity contribution is 7.15. The van der Waals surface area contributed by atoms with Crippen molar-refractivity contribution in [3.8, 4) is 0 Å². The van der Waals surface area contributed by atoms with Crippen molar-refractivity contribution in [1.29, 1.82) is 0 Å². The molecule has 1 aromatic heterocycles. The summed E-state index contributed by atoms with van der Waals surface area (Å²) in [5.41, 5.74) is 0.962. The first-order valence-electron chi connectivity index (χ1n) is 7.14. The lowest BCUT2D eigenvalue weighted by atomic mass is 9.91. The first-order valence-corrected chi connectivity index (χ1v) is 7.96.